The van der Waals surface area contributed by atoms with E-state index in [2.05, 4.69) is 4.74 Å². The van der Waals surface area contributed by atoms with E-state index < -0.39 is 53.1 Å². The maximum Gasteiger partial charge on any atom is 0.309 e. The van der Waals surface area contributed by atoms with E-state index in [1.54, 1.807) is 13.8 Å². The summed E-state index contributed by atoms with van der Waals surface area (Å²) in [5.74, 6) is -11.5. The molecule has 0 saturated heterocycles. The first-order valence-corrected chi connectivity index (χ1v) is 6.01. The molecule has 112 valence electrons. The molecule has 1 rings (SSSR count). The first-order chi connectivity index (χ1) is 9.34. The van der Waals surface area contributed by atoms with Crippen molar-refractivity contribution in [3.63, 3.8) is 0 Å². The first-order valence-electron chi connectivity index (χ1n) is 6.01. The molecule has 1 aromatic carbocycles. The monoisotopic (exact) mass is 296 g/mol. The van der Waals surface area contributed by atoms with E-state index in [4.69, 9.17) is 0 Å². The Bertz CT molecular complexity index is 483. The summed E-state index contributed by atoms with van der Waals surface area (Å²) in [7, 11) is 0. The van der Waals surface area contributed by atoms with Crippen LogP contribution in [0.25, 0.3) is 0 Å². The summed E-state index contributed by atoms with van der Waals surface area (Å²) >= 11 is 0. The lowest BCUT2D eigenvalue weighted by atomic mass is 10.0. The number of esters is 1. The molecule has 7 heteroatoms. The molecule has 1 aromatic rings. The van der Waals surface area contributed by atoms with Gasteiger partial charge in [0.25, 0.3) is 0 Å². The van der Waals surface area contributed by atoms with E-state index in [0.717, 1.165) is 0 Å². The number of ether oxygens (including phenoxy) is 1. The Hall–Kier alpha value is -1.66. The van der Waals surface area contributed by atoms with Crippen LogP contribution in [0, 0.1) is 35.0 Å². The van der Waals surface area contributed by atoms with E-state index >= 15 is 0 Å². The largest absolute Gasteiger partial charge is 0.460 e. The van der Waals surface area contributed by atoms with Gasteiger partial charge in [0.2, 0.25) is 5.82 Å². The molecule has 0 radical (unpaired) electrons. The molecule has 2 nitrogen and oxygen atoms in total. The number of hydrogen-bond donors (Lipinski definition) is 0. The molecule has 0 bridgehead atoms. The zero-order valence-corrected chi connectivity index (χ0v) is 10.9. The Balaban J connectivity index is 2.97. The zero-order chi connectivity index (χ0) is 15.4. The van der Waals surface area contributed by atoms with Gasteiger partial charge in [-0.2, -0.15) is 0 Å². The summed E-state index contributed by atoms with van der Waals surface area (Å²) in [5, 5.41) is 0. The molecule has 0 atom stereocenters. The van der Waals surface area contributed by atoms with Crippen LogP contribution < -0.4 is 0 Å². The van der Waals surface area contributed by atoms with Crippen molar-refractivity contribution in [3.8, 4) is 0 Å². The summed E-state index contributed by atoms with van der Waals surface area (Å²) < 4.78 is 69.9. The number of carbonyl (C=O) groups excluding carboxylic acids is 1. The molecule has 0 saturated carbocycles. The minimum atomic E-state index is -2.24. The van der Waals surface area contributed by atoms with Crippen molar-refractivity contribution >= 4 is 5.97 Å². The van der Waals surface area contributed by atoms with E-state index in [1.165, 1.54) is 0 Å². The number of hydrogen-bond acceptors (Lipinski definition) is 2. The van der Waals surface area contributed by atoms with Crippen molar-refractivity contribution in [3.05, 3.63) is 34.6 Å². The molecule has 0 aliphatic rings. The van der Waals surface area contributed by atoms with E-state index in [9.17, 15) is 26.7 Å². The fraction of sp³-hybridized carbons (Fsp3) is 0.462. The van der Waals surface area contributed by atoms with E-state index in [1.807, 2.05) is 0 Å². The molecule has 0 aliphatic heterocycles. The maximum atomic E-state index is 13.3. The van der Waals surface area contributed by atoms with Crippen molar-refractivity contribution < 1.29 is 31.5 Å². The van der Waals surface area contributed by atoms with Gasteiger partial charge >= 0.3 is 5.97 Å². The van der Waals surface area contributed by atoms with Gasteiger partial charge in [-0.1, -0.05) is 13.8 Å². The molecular formula is C13H13F5O2. The molecule has 0 unspecified atom stereocenters. The Morgan fingerprint density at radius 1 is 0.900 bits per heavy atom. The van der Waals surface area contributed by atoms with Gasteiger partial charge in [0.1, 0.15) is 6.61 Å². The number of benzene rings is 1. The molecule has 0 fully saturated rings. The molecule has 20 heavy (non-hydrogen) atoms. The predicted octanol–water partition coefficient (Wildman–Crippen LogP) is 3.86. The molecule has 0 aromatic heterocycles. The average molecular weight is 296 g/mol. The quantitative estimate of drug-likeness (QED) is 0.357. The van der Waals surface area contributed by atoms with Crippen LogP contribution in [-0.4, -0.2) is 5.97 Å². The van der Waals surface area contributed by atoms with Crippen LogP contribution in [0.2, 0.25) is 0 Å². The zero-order valence-electron chi connectivity index (χ0n) is 10.9. The molecular weight excluding hydrogens is 283 g/mol. The average Bonchev–Trinajstić information content (AvgIpc) is 2.44. The van der Waals surface area contributed by atoms with Gasteiger partial charge in [-0.15, -0.1) is 0 Å². The Kier molecular flexibility index (Phi) is 5.47. The number of carbonyl (C=O) groups is 1. The van der Waals surface area contributed by atoms with Crippen molar-refractivity contribution in [2.24, 2.45) is 5.92 Å². The number of rotatable bonds is 5. The first kappa shape index (κ1) is 16.4. The summed E-state index contributed by atoms with van der Waals surface area (Å²) in [5.41, 5.74) is -1.15. The second kappa shape index (κ2) is 6.67. The molecule has 0 amide bonds. The summed E-state index contributed by atoms with van der Waals surface area (Å²) in [6.07, 6.45) is 0.902. The van der Waals surface area contributed by atoms with Crippen molar-refractivity contribution in [2.75, 3.05) is 0 Å². The summed E-state index contributed by atoms with van der Waals surface area (Å²) in [6.45, 7) is 2.43. The van der Waals surface area contributed by atoms with Gasteiger partial charge in [0.15, 0.2) is 23.3 Å². The Labute approximate surface area is 112 Å². The highest BCUT2D eigenvalue weighted by Gasteiger charge is 2.27. The number of halogens is 5. The third-order valence-corrected chi connectivity index (χ3v) is 2.98. The van der Waals surface area contributed by atoms with Crippen molar-refractivity contribution in [2.45, 2.75) is 33.3 Å². The Morgan fingerprint density at radius 2 is 1.30 bits per heavy atom. The maximum absolute atomic E-state index is 13.3. The van der Waals surface area contributed by atoms with Gasteiger partial charge in [-0.25, -0.2) is 22.0 Å². The van der Waals surface area contributed by atoms with Gasteiger partial charge in [-0.05, 0) is 12.8 Å². The van der Waals surface area contributed by atoms with Crippen LogP contribution in [0.3, 0.4) is 0 Å². The topological polar surface area (TPSA) is 26.3 Å². The van der Waals surface area contributed by atoms with Crippen molar-refractivity contribution in [1.82, 2.24) is 0 Å². The molecule has 0 heterocycles. The molecule has 0 N–H and O–H groups in total. The molecule has 0 spiro atoms. The third-order valence-electron chi connectivity index (χ3n) is 2.98. The molecule has 0 aliphatic carbocycles. The minimum Gasteiger partial charge on any atom is -0.460 e. The van der Waals surface area contributed by atoms with Crippen LogP contribution in [0.15, 0.2) is 0 Å². The highest BCUT2D eigenvalue weighted by atomic mass is 19.2. The van der Waals surface area contributed by atoms with Crippen molar-refractivity contribution in [1.29, 1.82) is 0 Å². The van der Waals surface area contributed by atoms with E-state index in [-0.39, 0.29) is 0 Å². The van der Waals surface area contributed by atoms with Gasteiger partial charge in [0.05, 0.1) is 11.5 Å². The fourth-order valence-electron chi connectivity index (χ4n) is 1.66. The lowest BCUT2D eigenvalue weighted by molar-refractivity contribution is -0.150. The highest BCUT2D eigenvalue weighted by molar-refractivity contribution is 5.72. The summed E-state index contributed by atoms with van der Waals surface area (Å²) in [4.78, 5) is 11.5. The fourth-order valence-corrected chi connectivity index (χ4v) is 1.66. The van der Waals surface area contributed by atoms with Crippen LogP contribution in [0.5, 0.6) is 0 Å². The van der Waals surface area contributed by atoms with Gasteiger partial charge in [-0.3, -0.25) is 4.79 Å². The Morgan fingerprint density at radius 3 is 1.70 bits per heavy atom. The van der Waals surface area contributed by atoms with Crippen LogP contribution in [0.4, 0.5) is 22.0 Å². The second-order valence-electron chi connectivity index (χ2n) is 4.17. The minimum absolute atomic E-state index is 0.451. The second-order valence-corrected chi connectivity index (χ2v) is 4.17. The van der Waals surface area contributed by atoms with Crippen LogP contribution in [-0.2, 0) is 16.1 Å². The lowest BCUT2D eigenvalue weighted by Gasteiger charge is -2.13. The normalized spacial score (nSPS) is 11.0. The smallest absolute Gasteiger partial charge is 0.309 e. The van der Waals surface area contributed by atoms with Gasteiger partial charge in [0, 0.05) is 0 Å². The standard InChI is InChI=1S/C13H13F5O2/c1-3-6(4-2)13(19)20-5-7-8(14)10(16)12(18)11(17)9(7)15/h6H,3-5H2,1-2H3. The van der Waals surface area contributed by atoms with Gasteiger partial charge < -0.3 is 4.74 Å². The third kappa shape index (κ3) is 3.08. The SMILES string of the molecule is CCC(CC)C(=O)OCc1c(F)c(F)c(F)c(F)c1F. The summed E-state index contributed by atoms with van der Waals surface area (Å²) in [6, 6.07) is 0. The predicted molar refractivity (Wildman–Crippen MR) is 60.1 cm³/mol. The van der Waals surface area contributed by atoms with Crippen LogP contribution in [0.1, 0.15) is 32.3 Å². The van der Waals surface area contributed by atoms with E-state index in [0.29, 0.717) is 12.8 Å². The van der Waals surface area contributed by atoms with Crippen LogP contribution >= 0.6 is 0 Å². The lowest BCUT2D eigenvalue weighted by Crippen LogP contribution is -2.18. The highest BCUT2D eigenvalue weighted by Crippen LogP contribution is 2.24.